The van der Waals surface area contributed by atoms with Crippen LogP contribution in [0.15, 0.2) is 12.7 Å². The smallest absolute Gasteiger partial charge is 0.318 e. The SMILES string of the molecule is C=CCCC(=O)NC(N)=O. The minimum atomic E-state index is -0.811. The maximum atomic E-state index is 10.6. The van der Waals surface area contributed by atoms with E-state index >= 15 is 0 Å². The summed E-state index contributed by atoms with van der Waals surface area (Å²) in [5.74, 6) is -0.368. The molecule has 0 heterocycles. The minimum Gasteiger partial charge on any atom is -0.351 e. The molecule has 0 fully saturated rings. The molecule has 4 heteroatoms. The molecule has 0 aromatic heterocycles. The number of hydrogen-bond donors (Lipinski definition) is 2. The second kappa shape index (κ2) is 4.55. The zero-order valence-electron chi connectivity index (χ0n) is 5.59. The van der Waals surface area contributed by atoms with Gasteiger partial charge in [0.1, 0.15) is 0 Å². The van der Waals surface area contributed by atoms with Crippen LogP contribution in [0.5, 0.6) is 0 Å². The van der Waals surface area contributed by atoms with Crippen molar-refractivity contribution in [3.63, 3.8) is 0 Å². The van der Waals surface area contributed by atoms with Gasteiger partial charge in [-0.25, -0.2) is 4.79 Å². The van der Waals surface area contributed by atoms with Gasteiger partial charge in [0.05, 0.1) is 0 Å². The molecule has 0 rings (SSSR count). The van der Waals surface area contributed by atoms with E-state index in [1.165, 1.54) is 0 Å². The van der Waals surface area contributed by atoms with Gasteiger partial charge in [0.15, 0.2) is 0 Å². The maximum absolute atomic E-state index is 10.6. The Morgan fingerprint density at radius 2 is 2.20 bits per heavy atom. The van der Waals surface area contributed by atoms with Gasteiger partial charge < -0.3 is 5.73 Å². The van der Waals surface area contributed by atoms with Crippen LogP contribution in [-0.2, 0) is 4.79 Å². The van der Waals surface area contributed by atoms with Gasteiger partial charge in [0.25, 0.3) is 0 Å². The molecule has 3 N–H and O–H groups in total. The fraction of sp³-hybridized carbons (Fsp3) is 0.333. The third-order valence-electron chi connectivity index (χ3n) is 0.838. The van der Waals surface area contributed by atoms with Gasteiger partial charge in [0.2, 0.25) is 5.91 Å². The summed E-state index contributed by atoms with van der Waals surface area (Å²) in [4.78, 5) is 20.6. The lowest BCUT2D eigenvalue weighted by molar-refractivity contribution is -0.119. The van der Waals surface area contributed by atoms with Crippen molar-refractivity contribution >= 4 is 11.9 Å². The van der Waals surface area contributed by atoms with Crippen LogP contribution in [0.2, 0.25) is 0 Å². The fourth-order valence-corrected chi connectivity index (χ4v) is 0.433. The van der Waals surface area contributed by atoms with Gasteiger partial charge >= 0.3 is 6.03 Å². The molecule has 0 bridgehead atoms. The van der Waals surface area contributed by atoms with Gasteiger partial charge in [-0.1, -0.05) is 6.08 Å². The van der Waals surface area contributed by atoms with Crippen LogP contribution in [0.3, 0.4) is 0 Å². The van der Waals surface area contributed by atoms with Crippen molar-refractivity contribution in [2.24, 2.45) is 5.73 Å². The molecule has 0 aromatic carbocycles. The predicted octanol–water partition coefficient (Wildman–Crippen LogP) is 0.148. The van der Waals surface area contributed by atoms with Crippen molar-refractivity contribution in [1.82, 2.24) is 5.32 Å². The third kappa shape index (κ3) is 4.83. The van der Waals surface area contributed by atoms with Crippen LogP contribution in [0.25, 0.3) is 0 Å². The first-order valence-electron chi connectivity index (χ1n) is 2.87. The molecular formula is C6H10N2O2. The molecule has 56 valence electrons. The second-order valence-corrected chi connectivity index (χ2v) is 1.74. The van der Waals surface area contributed by atoms with E-state index in [4.69, 9.17) is 0 Å². The summed E-state index contributed by atoms with van der Waals surface area (Å²) in [5, 5.41) is 1.93. The van der Waals surface area contributed by atoms with Gasteiger partial charge in [-0.3, -0.25) is 10.1 Å². The van der Waals surface area contributed by atoms with E-state index in [9.17, 15) is 9.59 Å². The number of carbonyl (C=O) groups is 2. The third-order valence-corrected chi connectivity index (χ3v) is 0.838. The number of carbonyl (C=O) groups excluding carboxylic acids is 2. The molecule has 4 nitrogen and oxygen atoms in total. The number of hydrogen-bond acceptors (Lipinski definition) is 2. The number of primary amides is 1. The summed E-state index contributed by atoms with van der Waals surface area (Å²) in [5.41, 5.74) is 4.67. The highest BCUT2D eigenvalue weighted by atomic mass is 16.2. The first-order chi connectivity index (χ1) is 4.66. The molecule has 0 saturated heterocycles. The second-order valence-electron chi connectivity index (χ2n) is 1.74. The van der Waals surface area contributed by atoms with E-state index in [0.29, 0.717) is 6.42 Å². The first-order valence-corrected chi connectivity index (χ1v) is 2.87. The lowest BCUT2D eigenvalue weighted by Gasteiger charge is -1.95. The van der Waals surface area contributed by atoms with Crippen LogP contribution in [0, 0.1) is 0 Å². The highest BCUT2D eigenvalue weighted by Crippen LogP contribution is 1.87. The molecule has 0 saturated carbocycles. The largest absolute Gasteiger partial charge is 0.351 e. The fourth-order valence-electron chi connectivity index (χ4n) is 0.433. The monoisotopic (exact) mass is 142 g/mol. The van der Waals surface area contributed by atoms with Crippen molar-refractivity contribution in [1.29, 1.82) is 0 Å². The summed E-state index contributed by atoms with van der Waals surface area (Å²) >= 11 is 0. The number of nitrogens with one attached hydrogen (secondary N) is 1. The topological polar surface area (TPSA) is 72.2 Å². The van der Waals surface area contributed by atoms with Gasteiger partial charge in [-0.15, -0.1) is 6.58 Å². The molecule has 3 amide bonds. The Labute approximate surface area is 59.1 Å². The van der Waals surface area contributed by atoms with Crippen LogP contribution >= 0.6 is 0 Å². The highest BCUT2D eigenvalue weighted by Gasteiger charge is 2.00. The van der Waals surface area contributed by atoms with E-state index in [1.807, 2.05) is 5.32 Å². The Bertz CT molecular complexity index is 154. The number of rotatable bonds is 3. The molecule has 10 heavy (non-hydrogen) atoms. The summed E-state index contributed by atoms with van der Waals surface area (Å²) < 4.78 is 0. The average molecular weight is 142 g/mol. The standard InChI is InChI=1S/C6H10N2O2/c1-2-3-4-5(9)8-6(7)10/h2H,1,3-4H2,(H3,7,8,9,10). The van der Waals surface area contributed by atoms with Gasteiger partial charge in [0, 0.05) is 6.42 Å². The summed E-state index contributed by atoms with van der Waals surface area (Å²) in [6.45, 7) is 3.42. The van der Waals surface area contributed by atoms with Gasteiger partial charge in [-0.05, 0) is 6.42 Å². The Morgan fingerprint density at radius 1 is 1.60 bits per heavy atom. The van der Waals surface area contributed by atoms with Crippen molar-refractivity contribution in [2.45, 2.75) is 12.8 Å². The minimum absolute atomic E-state index is 0.256. The zero-order chi connectivity index (χ0) is 7.98. The molecule has 0 unspecified atom stereocenters. The van der Waals surface area contributed by atoms with Crippen LogP contribution in [0.4, 0.5) is 4.79 Å². The van der Waals surface area contributed by atoms with E-state index in [0.717, 1.165) is 0 Å². The summed E-state index contributed by atoms with van der Waals surface area (Å²) in [7, 11) is 0. The summed E-state index contributed by atoms with van der Waals surface area (Å²) in [6, 6.07) is -0.811. The average Bonchev–Trinajstić information content (AvgIpc) is 1.82. The lowest BCUT2D eigenvalue weighted by atomic mass is 10.3. The normalized spacial score (nSPS) is 8.40. The first kappa shape index (κ1) is 8.68. The Hall–Kier alpha value is -1.32. The number of urea groups is 1. The van der Waals surface area contributed by atoms with Crippen LogP contribution in [-0.4, -0.2) is 11.9 Å². The number of nitrogens with two attached hydrogens (primary N) is 1. The summed E-state index contributed by atoms with van der Waals surface area (Å²) in [6.07, 6.45) is 2.41. The van der Waals surface area contributed by atoms with E-state index in [1.54, 1.807) is 6.08 Å². The van der Waals surface area contributed by atoms with Crippen LogP contribution < -0.4 is 11.1 Å². The van der Waals surface area contributed by atoms with Crippen molar-refractivity contribution in [3.05, 3.63) is 12.7 Å². The van der Waals surface area contributed by atoms with E-state index < -0.39 is 6.03 Å². The number of allylic oxidation sites excluding steroid dienone is 1. The predicted molar refractivity (Wildman–Crippen MR) is 37.2 cm³/mol. The van der Waals surface area contributed by atoms with Crippen molar-refractivity contribution in [3.8, 4) is 0 Å². The molecule has 0 atom stereocenters. The quantitative estimate of drug-likeness (QED) is 0.550. The van der Waals surface area contributed by atoms with E-state index in [2.05, 4.69) is 12.3 Å². The highest BCUT2D eigenvalue weighted by molar-refractivity contribution is 5.93. The Balaban J connectivity index is 3.43. The molecule has 0 aliphatic carbocycles. The molecule has 0 aliphatic rings. The van der Waals surface area contributed by atoms with Crippen molar-refractivity contribution in [2.75, 3.05) is 0 Å². The van der Waals surface area contributed by atoms with Crippen molar-refractivity contribution < 1.29 is 9.59 Å². The lowest BCUT2D eigenvalue weighted by Crippen LogP contribution is -2.34. The number of amides is 3. The van der Waals surface area contributed by atoms with E-state index in [-0.39, 0.29) is 12.3 Å². The zero-order valence-corrected chi connectivity index (χ0v) is 5.59. The molecule has 0 aromatic rings. The molecular weight excluding hydrogens is 132 g/mol. The Kier molecular flexibility index (Phi) is 3.95. The molecule has 0 radical (unpaired) electrons. The molecule has 0 spiro atoms. The maximum Gasteiger partial charge on any atom is 0.318 e. The van der Waals surface area contributed by atoms with Gasteiger partial charge in [-0.2, -0.15) is 0 Å². The number of imide groups is 1. The molecule has 0 aliphatic heterocycles. The van der Waals surface area contributed by atoms with Crippen LogP contribution in [0.1, 0.15) is 12.8 Å². The Morgan fingerprint density at radius 3 is 2.60 bits per heavy atom.